The van der Waals surface area contributed by atoms with Gasteiger partial charge in [-0.15, -0.1) is 7.05 Å². The first kappa shape index (κ1) is 12.0. The minimum atomic E-state index is 0.456. The summed E-state index contributed by atoms with van der Waals surface area (Å²) in [6.07, 6.45) is 0. The van der Waals surface area contributed by atoms with Crippen LogP contribution in [0.2, 0.25) is 0 Å². The van der Waals surface area contributed by atoms with E-state index in [2.05, 4.69) is 17.1 Å². The maximum absolute atomic E-state index is 5.84. The van der Waals surface area contributed by atoms with Gasteiger partial charge in [0.15, 0.2) is 11.5 Å². The van der Waals surface area contributed by atoms with Gasteiger partial charge in [0.1, 0.15) is 5.69 Å². The fourth-order valence-corrected chi connectivity index (χ4v) is 2.44. The summed E-state index contributed by atoms with van der Waals surface area (Å²) in [7, 11) is 3.85. The monoisotopic (exact) mass is 255 g/mol. The molecular formula is C14H17N5. The number of fused-ring (bicyclic) bond motifs is 1. The van der Waals surface area contributed by atoms with Crippen molar-refractivity contribution < 1.29 is 5.32 Å². The lowest BCUT2D eigenvalue weighted by Gasteiger charge is -2.01. The molecule has 3 rings (SSSR count). The van der Waals surface area contributed by atoms with E-state index >= 15 is 0 Å². The molecule has 0 aliphatic carbocycles. The number of hydrogen-bond acceptors (Lipinski definition) is 2. The number of rotatable bonds is 3. The van der Waals surface area contributed by atoms with Gasteiger partial charge in [-0.2, -0.15) is 0 Å². The van der Waals surface area contributed by atoms with Crippen LogP contribution in [-0.4, -0.2) is 14.6 Å². The van der Waals surface area contributed by atoms with Crippen molar-refractivity contribution >= 4 is 11.3 Å². The van der Waals surface area contributed by atoms with E-state index in [0.29, 0.717) is 6.54 Å². The highest BCUT2D eigenvalue weighted by Crippen LogP contribution is 2.25. The molecule has 1 aromatic carbocycles. The molecule has 98 valence electrons. The summed E-state index contributed by atoms with van der Waals surface area (Å²) < 4.78 is 1.97. The molecule has 0 saturated carbocycles. The van der Waals surface area contributed by atoms with Crippen LogP contribution in [0.25, 0.3) is 17.0 Å². The van der Waals surface area contributed by atoms with Crippen molar-refractivity contribution in [2.24, 2.45) is 5.73 Å². The molecule has 2 heterocycles. The quantitative estimate of drug-likeness (QED) is 0.613. The van der Waals surface area contributed by atoms with Crippen LogP contribution in [0.4, 0.5) is 5.69 Å². The van der Waals surface area contributed by atoms with Crippen molar-refractivity contribution in [2.45, 2.75) is 13.5 Å². The first-order valence-corrected chi connectivity index (χ1v) is 6.24. The first-order valence-electron chi connectivity index (χ1n) is 6.24. The molecule has 5 N–H and O–H groups in total. The predicted octanol–water partition coefficient (Wildman–Crippen LogP) is 1.08. The molecule has 0 amide bonds. The Balaban J connectivity index is 2.23. The molecular weight excluding hydrogens is 238 g/mol. The molecule has 0 aliphatic heterocycles. The second-order valence-electron chi connectivity index (χ2n) is 4.48. The lowest BCUT2D eigenvalue weighted by atomic mass is 10.2. The SMILES string of the molecule is [CH2-][NH2+]c1c(CN)c2nc(-c3ccccc3)[nH]n2c1C. The molecule has 19 heavy (non-hydrogen) atoms. The summed E-state index contributed by atoms with van der Waals surface area (Å²) >= 11 is 0. The van der Waals surface area contributed by atoms with Crippen molar-refractivity contribution in [3.05, 3.63) is 48.6 Å². The number of aromatic nitrogens is 3. The van der Waals surface area contributed by atoms with Gasteiger partial charge >= 0.3 is 0 Å². The maximum atomic E-state index is 5.84. The average Bonchev–Trinajstić information content (AvgIpc) is 2.98. The summed E-state index contributed by atoms with van der Waals surface area (Å²) in [5.41, 5.74) is 11.0. The van der Waals surface area contributed by atoms with Crippen molar-refractivity contribution in [2.75, 3.05) is 0 Å². The van der Waals surface area contributed by atoms with Crippen LogP contribution in [0.3, 0.4) is 0 Å². The molecule has 0 saturated heterocycles. The van der Waals surface area contributed by atoms with Crippen molar-refractivity contribution in [3.63, 3.8) is 0 Å². The Morgan fingerprint density at radius 1 is 1.37 bits per heavy atom. The smallest absolute Gasteiger partial charge is 0.164 e. The standard InChI is InChI=1S/C14H17N5/c1-9-12(16-2)11(8-15)14-17-13(18-19(9)14)10-6-4-3-5-7-10/h3-7H,2,8,15-16H2,1H3,(H,17,18). The van der Waals surface area contributed by atoms with E-state index in [1.54, 1.807) is 0 Å². The summed E-state index contributed by atoms with van der Waals surface area (Å²) in [5, 5.41) is 5.15. The van der Waals surface area contributed by atoms with Gasteiger partial charge in [-0.1, -0.05) is 30.3 Å². The van der Waals surface area contributed by atoms with Crippen LogP contribution in [0, 0.1) is 14.0 Å². The van der Waals surface area contributed by atoms with E-state index < -0.39 is 0 Å². The number of nitrogens with one attached hydrogen (secondary N) is 1. The number of quaternary nitrogens is 1. The Morgan fingerprint density at radius 3 is 2.74 bits per heavy atom. The molecule has 0 bridgehead atoms. The molecule has 0 unspecified atom stereocenters. The number of benzene rings is 1. The Labute approximate surface area is 111 Å². The van der Waals surface area contributed by atoms with Gasteiger partial charge in [0.05, 0.1) is 11.3 Å². The second kappa shape index (κ2) is 4.53. The lowest BCUT2D eigenvalue weighted by molar-refractivity contribution is -0.505. The van der Waals surface area contributed by atoms with Gasteiger partial charge in [-0.3, -0.25) is 5.10 Å². The predicted molar refractivity (Wildman–Crippen MR) is 74.5 cm³/mol. The highest BCUT2D eigenvalue weighted by Gasteiger charge is 2.19. The Morgan fingerprint density at radius 2 is 2.11 bits per heavy atom. The van der Waals surface area contributed by atoms with Crippen LogP contribution in [0.15, 0.2) is 30.3 Å². The minimum Gasteiger partial charge on any atom is -0.444 e. The molecule has 0 radical (unpaired) electrons. The lowest BCUT2D eigenvalue weighted by Crippen LogP contribution is -2.70. The largest absolute Gasteiger partial charge is 0.444 e. The zero-order valence-corrected chi connectivity index (χ0v) is 10.9. The molecule has 5 nitrogen and oxygen atoms in total. The van der Waals surface area contributed by atoms with Gasteiger partial charge in [0.2, 0.25) is 0 Å². The molecule has 0 spiro atoms. The summed E-state index contributed by atoms with van der Waals surface area (Å²) in [6.45, 7) is 2.49. The summed E-state index contributed by atoms with van der Waals surface area (Å²) in [5.74, 6) is 0.851. The Kier molecular flexibility index (Phi) is 2.85. The van der Waals surface area contributed by atoms with Gasteiger partial charge in [0, 0.05) is 12.1 Å². The van der Waals surface area contributed by atoms with E-state index in [1.807, 2.05) is 47.1 Å². The zero-order chi connectivity index (χ0) is 13.4. The van der Waals surface area contributed by atoms with E-state index in [4.69, 9.17) is 5.73 Å². The van der Waals surface area contributed by atoms with Crippen molar-refractivity contribution in [1.29, 1.82) is 0 Å². The molecule has 2 aromatic heterocycles. The van der Waals surface area contributed by atoms with Crippen molar-refractivity contribution in [1.82, 2.24) is 14.6 Å². The summed E-state index contributed by atoms with van der Waals surface area (Å²) in [4.78, 5) is 4.66. The third kappa shape index (κ3) is 1.75. The molecule has 0 atom stereocenters. The Bertz CT molecular complexity index is 708. The zero-order valence-electron chi connectivity index (χ0n) is 10.9. The van der Waals surface area contributed by atoms with Crippen LogP contribution in [0.1, 0.15) is 11.3 Å². The van der Waals surface area contributed by atoms with Gasteiger partial charge < -0.3 is 11.1 Å². The highest BCUT2D eigenvalue weighted by molar-refractivity contribution is 5.67. The molecule has 3 aromatic rings. The number of nitrogens with two attached hydrogens (primary N) is 2. The van der Waals surface area contributed by atoms with E-state index in [0.717, 1.165) is 34.0 Å². The second-order valence-corrected chi connectivity index (χ2v) is 4.48. The first-order chi connectivity index (χ1) is 9.26. The third-order valence-electron chi connectivity index (χ3n) is 3.42. The van der Waals surface area contributed by atoms with Crippen LogP contribution >= 0.6 is 0 Å². The number of hydrogen-bond donors (Lipinski definition) is 3. The molecule has 0 fully saturated rings. The van der Waals surface area contributed by atoms with E-state index in [-0.39, 0.29) is 0 Å². The van der Waals surface area contributed by atoms with Gasteiger partial charge in [-0.25, -0.2) is 9.50 Å². The van der Waals surface area contributed by atoms with Gasteiger partial charge in [0.25, 0.3) is 0 Å². The number of nitrogens with zero attached hydrogens (tertiary/aromatic N) is 2. The average molecular weight is 255 g/mol. The van der Waals surface area contributed by atoms with E-state index in [1.165, 1.54) is 0 Å². The fraction of sp³-hybridized carbons (Fsp3) is 0.143. The Hall–Kier alpha value is -2.11. The van der Waals surface area contributed by atoms with Crippen molar-refractivity contribution in [3.8, 4) is 11.4 Å². The third-order valence-corrected chi connectivity index (χ3v) is 3.42. The van der Waals surface area contributed by atoms with E-state index in [9.17, 15) is 0 Å². The number of aryl methyl sites for hydroxylation is 1. The topological polar surface area (TPSA) is 75.7 Å². The van der Waals surface area contributed by atoms with Gasteiger partial charge in [-0.05, 0) is 6.92 Å². The minimum absolute atomic E-state index is 0.456. The summed E-state index contributed by atoms with van der Waals surface area (Å²) in [6, 6.07) is 10.1. The number of H-pyrrole nitrogens is 1. The van der Waals surface area contributed by atoms with Crippen LogP contribution in [0.5, 0.6) is 0 Å². The van der Waals surface area contributed by atoms with Crippen LogP contribution in [-0.2, 0) is 6.54 Å². The highest BCUT2D eigenvalue weighted by atomic mass is 15.3. The molecule has 0 aliphatic rings. The normalized spacial score (nSPS) is 11.3. The maximum Gasteiger partial charge on any atom is 0.164 e. The fourth-order valence-electron chi connectivity index (χ4n) is 2.44. The van der Waals surface area contributed by atoms with Crippen LogP contribution < -0.4 is 11.1 Å². The number of aromatic amines is 1. The molecule has 5 heteroatoms.